The number of hydrogen-bond donors (Lipinski definition) is 0. The van der Waals surface area contributed by atoms with E-state index < -0.39 is 10.9 Å². The largest absolute Gasteiger partial charge is 0.545 e. The first kappa shape index (κ1) is 19.2. The molecule has 3 rings (SSSR count). The van der Waals surface area contributed by atoms with Gasteiger partial charge in [-0.15, -0.1) is 0 Å². The van der Waals surface area contributed by atoms with Gasteiger partial charge >= 0.3 is 0 Å². The Kier molecular flexibility index (Phi) is 4.92. The summed E-state index contributed by atoms with van der Waals surface area (Å²) in [5.74, 6) is -0.926. The smallest absolute Gasteiger partial charge is 0.271 e. The maximum atomic E-state index is 11.6. The zero-order valence-electron chi connectivity index (χ0n) is 16.0. The van der Waals surface area contributed by atoms with Crippen LogP contribution < -0.4 is 9.84 Å². The van der Waals surface area contributed by atoms with Crippen LogP contribution in [0.4, 0.5) is 5.69 Å². The van der Waals surface area contributed by atoms with Crippen molar-refractivity contribution in [3.63, 3.8) is 0 Å². The Hall–Kier alpha value is -3.61. The number of ether oxygens (including phenoxy) is 1. The molecule has 0 unspecified atom stereocenters. The van der Waals surface area contributed by atoms with E-state index in [1.54, 1.807) is 11.5 Å². The number of nitro groups is 1. The molecule has 0 saturated carbocycles. The van der Waals surface area contributed by atoms with Crippen molar-refractivity contribution < 1.29 is 19.6 Å². The Morgan fingerprint density at radius 3 is 2.32 bits per heavy atom. The van der Waals surface area contributed by atoms with Crippen molar-refractivity contribution in [1.82, 2.24) is 4.57 Å². The van der Waals surface area contributed by atoms with Crippen molar-refractivity contribution >= 4 is 11.7 Å². The molecule has 7 nitrogen and oxygen atoms in total. The summed E-state index contributed by atoms with van der Waals surface area (Å²) in [4.78, 5) is 22.4. The van der Waals surface area contributed by atoms with Crippen molar-refractivity contribution in [1.29, 1.82) is 0 Å². The molecule has 0 radical (unpaired) electrons. The number of benzene rings is 2. The molecule has 0 saturated heterocycles. The SMILES string of the molecule is COc1ccc([N+](=O)[O-])cc1-n1c(-c2ccc(C)c(C)c2)cc(C(=O)[O-])c1C. The number of nitrogens with zero attached hydrogens (tertiary/aromatic N) is 2. The van der Waals surface area contributed by atoms with E-state index in [1.165, 1.54) is 31.4 Å². The lowest BCUT2D eigenvalue weighted by atomic mass is 10.0. The second kappa shape index (κ2) is 7.19. The molecular weight excluding hydrogens is 360 g/mol. The molecule has 1 heterocycles. The van der Waals surface area contributed by atoms with Gasteiger partial charge in [-0.1, -0.05) is 12.1 Å². The van der Waals surface area contributed by atoms with Crippen LogP contribution in [-0.2, 0) is 0 Å². The van der Waals surface area contributed by atoms with Crippen molar-refractivity contribution in [3.05, 3.63) is 75.0 Å². The number of rotatable bonds is 5. The van der Waals surface area contributed by atoms with Gasteiger partial charge in [-0.2, -0.15) is 0 Å². The van der Waals surface area contributed by atoms with Crippen LogP contribution in [-0.4, -0.2) is 22.6 Å². The van der Waals surface area contributed by atoms with E-state index in [9.17, 15) is 20.0 Å². The van der Waals surface area contributed by atoms with Crippen LogP contribution in [0.3, 0.4) is 0 Å². The number of carbonyl (C=O) groups excluding carboxylic acids is 1. The minimum atomic E-state index is -1.31. The topological polar surface area (TPSA) is 97.4 Å². The molecular formula is C21H19N2O5-. The normalized spacial score (nSPS) is 10.7. The Labute approximate surface area is 162 Å². The van der Waals surface area contributed by atoms with Gasteiger partial charge in [0.1, 0.15) is 5.75 Å². The molecule has 144 valence electrons. The summed E-state index contributed by atoms with van der Waals surface area (Å²) in [6, 6.07) is 11.5. The summed E-state index contributed by atoms with van der Waals surface area (Å²) >= 11 is 0. The van der Waals surface area contributed by atoms with E-state index in [0.717, 1.165) is 16.7 Å². The third kappa shape index (κ3) is 3.22. The lowest BCUT2D eigenvalue weighted by Gasteiger charge is -2.16. The van der Waals surface area contributed by atoms with Crippen LogP contribution in [0.25, 0.3) is 16.9 Å². The van der Waals surface area contributed by atoms with Crippen LogP contribution in [0.5, 0.6) is 5.75 Å². The van der Waals surface area contributed by atoms with Crippen molar-refractivity contribution in [3.8, 4) is 22.7 Å². The molecule has 3 aromatic rings. The number of nitro benzene ring substituents is 1. The van der Waals surface area contributed by atoms with E-state index in [2.05, 4.69) is 0 Å². The van der Waals surface area contributed by atoms with E-state index in [-0.39, 0.29) is 11.3 Å². The quantitative estimate of drug-likeness (QED) is 0.500. The molecule has 0 amide bonds. The molecule has 28 heavy (non-hydrogen) atoms. The Balaban J connectivity index is 2.37. The van der Waals surface area contributed by atoms with Crippen LogP contribution >= 0.6 is 0 Å². The number of carboxylic acids is 1. The Morgan fingerprint density at radius 1 is 1.04 bits per heavy atom. The standard InChI is InChI=1S/C21H20N2O5/c1-12-5-6-15(9-13(12)2)18-11-17(21(24)25)14(3)22(18)19-10-16(23(26)27)7-8-20(19)28-4/h5-11H,1-4H3,(H,24,25)/p-1. The van der Waals surface area contributed by atoms with Gasteiger partial charge < -0.3 is 19.2 Å². The van der Waals surface area contributed by atoms with Crippen molar-refractivity contribution in [2.75, 3.05) is 7.11 Å². The minimum Gasteiger partial charge on any atom is -0.545 e. The maximum Gasteiger partial charge on any atom is 0.271 e. The summed E-state index contributed by atoms with van der Waals surface area (Å²) in [7, 11) is 1.46. The van der Waals surface area contributed by atoms with Gasteiger partial charge in [0.2, 0.25) is 0 Å². The van der Waals surface area contributed by atoms with Gasteiger partial charge in [0, 0.05) is 23.4 Å². The monoisotopic (exact) mass is 379 g/mol. The third-order valence-corrected chi connectivity index (χ3v) is 4.88. The van der Waals surface area contributed by atoms with Gasteiger partial charge in [-0.25, -0.2) is 0 Å². The maximum absolute atomic E-state index is 11.6. The number of carbonyl (C=O) groups is 1. The highest BCUT2D eigenvalue weighted by Crippen LogP contribution is 2.36. The predicted octanol–water partition coefficient (Wildman–Crippen LogP) is 3.35. The second-order valence-corrected chi connectivity index (χ2v) is 6.56. The summed E-state index contributed by atoms with van der Waals surface area (Å²) in [5, 5.41) is 22.9. The second-order valence-electron chi connectivity index (χ2n) is 6.56. The van der Waals surface area contributed by atoms with Crippen molar-refractivity contribution in [2.24, 2.45) is 0 Å². The lowest BCUT2D eigenvalue weighted by Crippen LogP contribution is -2.22. The average molecular weight is 379 g/mol. The van der Waals surface area contributed by atoms with E-state index in [1.807, 2.05) is 32.0 Å². The number of hydrogen-bond acceptors (Lipinski definition) is 5. The Bertz CT molecular complexity index is 1100. The first-order chi connectivity index (χ1) is 13.2. The summed E-state index contributed by atoms with van der Waals surface area (Å²) < 4.78 is 7.04. The molecule has 0 spiro atoms. The highest BCUT2D eigenvalue weighted by Gasteiger charge is 2.21. The summed E-state index contributed by atoms with van der Waals surface area (Å²) in [6.45, 7) is 5.58. The highest BCUT2D eigenvalue weighted by molar-refractivity contribution is 5.90. The number of aryl methyl sites for hydroxylation is 2. The fourth-order valence-electron chi connectivity index (χ4n) is 3.20. The summed E-state index contributed by atoms with van der Waals surface area (Å²) in [6.07, 6.45) is 0. The first-order valence-electron chi connectivity index (χ1n) is 8.58. The molecule has 0 aliphatic carbocycles. The summed E-state index contributed by atoms with van der Waals surface area (Å²) in [5.41, 5.74) is 4.19. The van der Waals surface area contributed by atoms with Gasteiger partial charge in [0.25, 0.3) is 5.69 Å². The molecule has 1 aromatic heterocycles. The highest BCUT2D eigenvalue weighted by atomic mass is 16.6. The molecule has 0 aliphatic heterocycles. The fraction of sp³-hybridized carbons (Fsp3) is 0.190. The predicted molar refractivity (Wildman–Crippen MR) is 103 cm³/mol. The molecule has 0 N–H and O–H groups in total. The number of carboxylic acid groups (broad SMARTS) is 1. The molecule has 0 atom stereocenters. The number of aromatic carboxylic acids is 1. The molecule has 2 aromatic carbocycles. The molecule has 0 aliphatic rings. The van der Waals surface area contributed by atoms with Gasteiger partial charge in [-0.05, 0) is 55.7 Å². The number of methoxy groups -OCH3 is 1. The number of non-ortho nitro benzene ring substituents is 1. The fourth-order valence-corrected chi connectivity index (χ4v) is 3.20. The van der Waals surface area contributed by atoms with Gasteiger partial charge in [-0.3, -0.25) is 10.1 Å². The first-order valence-corrected chi connectivity index (χ1v) is 8.58. The average Bonchev–Trinajstić information content (AvgIpc) is 3.00. The molecule has 7 heteroatoms. The van der Waals surface area contributed by atoms with E-state index in [0.29, 0.717) is 22.8 Å². The minimum absolute atomic E-state index is 0.0155. The molecule has 0 fully saturated rings. The molecule has 0 bridgehead atoms. The van der Waals surface area contributed by atoms with Crippen LogP contribution in [0.15, 0.2) is 42.5 Å². The van der Waals surface area contributed by atoms with E-state index >= 15 is 0 Å². The van der Waals surface area contributed by atoms with E-state index in [4.69, 9.17) is 4.74 Å². The zero-order chi connectivity index (χ0) is 20.6. The van der Waals surface area contributed by atoms with Gasteiger partial charge in [0.15, 0.2) is 0 Å². The third-order valence-electron chi connectivity index (χ3n) is 4.88. The van der Waals surface area contributed by atoms with Crippen molar-refractivity contribution in [2.45, 2.75) is 20.8 Å². The van der Waals surface area contributed by atoms with Gasteiger partial charge in [0.05, 0.1) is 29.4 Å². The van der Waals surface area contributed by atoms with Crippen LogP contribution in [0.1, 0.15) is 27.2 Å². The number of aromatic nitrogens is 1. The van der Waals surface area contributed by atoms with Crippen LogP contribution in [0, 0.1) is 30.9 Å². The Morgan fingerprint density at radius 2 is 1.75 bits per heavy atom. The lowest BCUT2D eigenvalue weighted by molar-refractivity contribution is -0.384. The van der Waals surface area contributed by atoms with Crippen LogP contribution in [0.2, 0.25) is 0 Å². The zero-order valence-corrected chi connectivity index (χ0v) is 16.0.